The number of piperazine rings is 1. The van der Waals surface area contributed by atoms with Gasteiger partial charge in [-0.3, -0.25) is 9.69 Å². The molecule has 6 heteroatoms. The molecule has 4 atom stereocenters. The molecular formula is C25H31FN4O. The van der Waals surface area contributed by atoms with Gasteiger partial charge in [0.1, 0.15) is 5.82 Å². The fraction of sp³-hybridized carbons (Fsp3) is 0.600. The normalized spacial score (nSPS) is 32.9. The number of nitrogens with zero attached hydrogens (tertiary/aromatic N) is 3. The third-order valence-electron chi connectivity index (χ3n) is 8.70. The van der Waals surface area contributed by atoms with Gasteiger partial charge < -0.3 is 9.88 Å². The van der Waals surface area contributed by atoms with Crippen LogP contribution in [-0.2, 0) is 12.8 Å². The Morgan fingerprint density at radius 1 is 1.16 bits per heavy atom. The lowest BCUT2D eigenvalue weighted by Crippen LogP contribution is -2.49. The van der Waals surface area contributed by atoms with Crippen molar-refractivity contribution in [1.82, 2.24) is 14.9 Å². The lowest BCUT2D eigenvalue weighted by molar-refractivity contribution is 0.180. The lowest BCUT2D eigenvalue weighted by Gasteiger charge is -2.39. The third kappa shape index (κ3) is 3.49. The van der Waals surface area contributed by atoms with E-state index in [-0.39, 0.29) is 11.4 Å². The Labute approximate surface area is 182 Å². The number of hydrogen-bond acceptors (Lipinski definition) is 4. The van der Waals surface area contributed by atoms with Crippen LogP contribution in [0.1, 0.15) is 43.4 Å². The fourth-order valence-electron chi connectivity index (χ4n) is 6.91. The zero-order chi connectivity index (χ0) is 21.0. The van der Waals surface area contributed by atoms with Crippen molar-refractivity contribution < 1.29 is 4.39 Å². The summed E-state index contributed by atoms with van der Waals surface area (Å²) in [5, 5.41) is 0. The maximum absolute atomic E-state index is 13.6. The van der Waals surface area contributed by atoms with Gasteiger partial charge in [-0.1, -0.05) is 6.07 Å². The van der Waals surface area contributed by atoms with Crippen molar-refractivity contribution in [2.75, 3.05) is 31.1 Å². The molecule has 0 bridgehead atoms. The summed E-state index contributed by atoms with van der Waals surface area (Å²) in [6, 6.07) is 7.67. The molecule has 1 saturated heterocycles. The molecule has 31 heavy (non-hydrogen) atoms. The SMILES string of the molecule is O=c1[nH]cnc2c1CC1(CC2)CC1[C@H]1CC[C@@H](N2CCN(c3cccc(F)c3)CC2)C1. The second kappa shape index (κ2) is 7.44. The van der Waals surface area contributed by atoms with E-state index in [1.807, 2.05) is 6.07 Å². The Balaban J connectivity index is 1.05. The molecule has 1 aliphatic heterocycles. The largest absolute Gasteiger partial charge is 0.369 e. The summed E-state index contributed by atoms with van der Waals surface area (Å²) in [4.78, 5) is 24.5. The minimum absolute atomic E-state index is 0.0789. The highest BCUT2D eigenvalue weighted by Gasteiger charge is 2.59. The number of aromatic amines is 1. The maximum Gasteiger partial charge on any atom is 0.254 e. The molecule has 2 heterocycles. The van der Waals surface area contributed by atoms with Crippen LogP contribution in [-0.4, -0.2) is 47.1 Å². The number of benzene rings is 1. The molecule has 2 unspecified atom stereocenters. The number of nitrogens with one attached hydrogen (secondary N) is 1. The van der Waals surface area contributed by atoms with E-state index in [0.717, 1.165) is 67.8 Å². The van der Waals surface area contributed by atoms with Crippen LogP contribution in [0.5, 0.6) is 0 Å². The highest BCUT2D eigenvalue weighted by Crippen LogP contribution is 2.65. The Morgan fingerprint density at radius 2 is 2.03 bits per heavy atom. The van der Waals surface area contributed by atoms with E-state index in [1.165, 1.54) is 38.2 Å². The molecule has 2 aromatic rings. The maximum atomic E-state index is 13.6. The van der Waals surface area contributed by atoms with Gasteiger partial charge in [0.05, 0.1) is 12.0 Å². The summed E-state index contributed by atoms with van der Waals surface area (Å²) in [6.07, 6.45) is 9.90. The van der Waals surface area contributed by atoms with E-state index in [2.05, 4.69) is 19.8 Å². The van der Waals surface area contributed by atoms with E-state index in [9.17, 15) is 9.18 Å². The number of H-pyrrole nitrogens is 1. The van der Waals surface area contributed by atoms with Crippen LogP contribution in [0.15, 0.2) is 35.4 Å². The molecule has 6 rings (SSSR count). The average Bonchev–Trinajstić information content (AvgIpc) is 3.25. The number of anilines is 1. The van der Waals surface area contributed by atoms with Gasteiger partial charge in [-0.15, -0.1) is 0 Å². The first-order chi connectivity index (χ1) is 15.1. The molecule has 3 fully saturated rings. The molecule has 3 aliphatic carbocycles. The number of fused-ring (bicyclic) bond motifs is 1. The smallest absolute Gasteiger partial charge is 0.254 e. The Morgan fingerprint density at radius 3 is 2.87 bits per heavy atom. The van der Waals surface area contributed by atoms with Gasteiger partial charge in [-0.05, 0) is 80.4 Å². The predicted octanol–water partition coefficient (Wildman–Crippen LogP) is 3.39. The summed E-state index contributed by atoms with van der Waals surface area (Å²) in [5.41, 5.74) is 3.44. The van der Waals surface area contributed by atoms with Crippen LogP contribution in [0.25, 0.3) is 0 Å². The first-order valence-corrected chi connectivity index (χ1v) is 11.9. The van der Waals surface area contributed by atoms with Crippen molar-refractivity contribution in [1.29, 1.82) is 0 Å². The van der Waals surface area contributed by atoms with Crippen LogP contribution in [0, 0.1) is 23.1 Å². The van der Waals surface area contributed by atoms with Crippen LogP contribution in [0.3, 0.4) is 0 Å². The molecule has 164 valence electrons. The van der Waals surface area contributed by atoms with Gasteiger partial charge in [0.15, 0.2) is 0 Å². The molecule has 1 spiro atoms. The van der Waals surface area contributed by atoms with Gasteiger partial charge in [0.2, 0.25) is 0 Å². The van der Waals surface area contributed by atoms with Crippen molar-refractivity contribution >= 4 is 5.69 Å². The van der Waals surface area contributed by atoms with Crippen molar-refractivity contribution in [2.24, 2.45) is 17.3 Å². The van der Waals surface area contributed by atoms with Gasteiger partial charge in [0.25, 0.3) is 5.56 Å². The third-order valence-corrected chi connectivity index (χ3v) is 8.70. The highest BCUT2D eigenvalue weighted by molar-refractivity contribution is 5.46. The summed E-state index contributed by atoms with van der Waals surface area (Å²) >= 11 is 0. The molecular weight excluding hydrogens is 391 g/mol. The predicted molar refractivity (Wildman–Crippen MR) is 119 cm³/mol. The molecule has 2 saturated carbocycles. The Kier molecular flexibility index (Phi) is 4.67. The fourth-order valence-corrected chi connectivity index (χ4v) is 6.91. The molecule has 0 amide bonds. The summed E-state index contributed by atoms with van der Waals surface area (Å²) in [6.45, 7) is 4.09. The zero-order valence-corrected chi connectivity index (χ0v) is 18.0. The quantitative estimate of drug-likeness (QED) is 0.824. The first-order valence-electron chi connectivity index (χ1n) is 11.9. The first kappa shape index (κ1) is 19.5. The van der Waals surface area contributed by atoms with E-state index >= 15 is 0 Å². The minimum Gasteiger partial charge on any atom is -0.369 e. The number of aryl methyl sites for hydroxylation is 1. The molecule has 1 aromatic heterocycles. The molecule has 5 nitrogen and oxygen atoms in total. The van der Waals surface area contributed by atoms with Gasteiger partial charge >= 0.3 is 0 Å². The van der Waals surface area contributed by atoms with Crippen molar-refractivity contribution in [3.8, 4) is 0 Å². The van der Waals surface area contributed by atoms with Crippen LogP contribution < -0.4 is 10.5 Å². The van der Waals surface area contributed by atoms with E-state index in [4.69, 9.17) is 0 Å². The van der Waals surface area contributed by atoms with E-state index < -0.39 is 0 Å². The Hall–Kier alpha value is -2.21. The molecule has 1 aromatic carbocycles. The molecule has 4 aliphatic rings. The summed E-state index contributed by atoms with van der Waals surface area (Å²) in [5.74, 6) is 1.45. The Bertz CT molecular complexity index is 1030. The van der Waals surface area contributed by atoms with E-state index in [1.54, 1.807) is 18.5 Å². The van der Waals surface area contributed by atoms with E-state index in [0.29, 0.717) is 11.5 Å². The second-order valence-electron chi connectivity index (χ2n) is 10.2. The average molecular weight is 423 g/mol. The number of rotatable bonds is 3. The number of aromatic nitrogens is 2. The lowest BCUT2D eigenvalue weighted by atomic mass is 9.80. The van der Waals surface area contributed by atoms with Gasteiger partial charge in [-0.2, -0.15) is 0 Å². The number of halogens is 1. The standard InChI is InChI=1S/C25H31FN4O/c26-18-2-1-3-19(13-18)29-8-10-30(11-9-29)20-5-4-17(12-20)22-15-25(22)7-6-23-21(14-25)24(31)28-16-27-23/h1-3,13,16-17,20,22H,4-12,14-15H2,(H,27,28,31)/t17-,20+,22?,25?/m0/s1. The molecule has 0 radical (unpaired) electrons. The topological polar surface area (TPSA) is 52.2 Å². The minimum atomic E-state index is -0.153. The van der Waals surface area contributed by atoms with Crippen molar-refractivity contribution in [3.05, 3.63) is 58.0 Å². The van der Waals surface area contributed by atoms with Crippen LogP contribution in [0.2, 0.25) is 0 Å². The summed E-state index contributed by atoms with van der Waals surface area (Å²) < 4.78 is 13.6. The van der Waals surface area contributed by atoms with Crippen LogP contribution in [0.4, 0.5) is 10.1 Å². The highest BCUT2D eigenvalue weighted by atomic mass is 19.1. The monoisotopic (exact) mass is 422 g/mol. The zero-order valence-electron chi connectivity index (χ0n) is 18.0. The number of hydrogen-bond donors (Lipinski definition) is 1. The summed E-state index contributed by atoms with van der Waals surface area (Å²) in [7, 11) is 0. The van der Waals surface area contributed by atoms with Crippen LogP contribution >= 0.6 is 0 Å². The van der Waals surface area contributed by atoms with Gasteiger partial charge in [-0.25, -0.2) is 9.37 Å². The second-order valence-corrected chi connectivity index (χ2v) is 10.2. The van der Waals surface area contributed by atoms with Crippen molar-refractivity contribution in [3.63, 3.8) is 0 Å². The van der Waals surface area contributed by atoms with Gasteiger partial charge in [0, 0.05) is 43.5 Å². The van der Waals surface area contributed by atoms with Crippen molar-refractivity contribution in [2.45, 2.75) is 51.0 Å². The molecule has 1 N–H and O–H groups in total.